The number of aliphatic hydroxyl groups is 2. The first-order valence-electron chi connectivity index (χ1n) is 33.5. The highest BCUT2D eigenvalue weighted by Gasteiger charge is 2.18. The molecular formula is C67H131NO5. The van der Waals surface area contributed by atoms with Gasteiger partial charge >= 0.3 is 5.97 Å². The van der Waals surface area contributed by atoms with E-state index >= 15 is 0 Å². The first kappa shape index (κ1) is 71.6. The molecule has 6 heteroatoms. The van der Waals surface area contributed by atoms with Crippen LogP contribution in [-0.4, -0.2) is 47.4 Å². The topological polar surface area (TPSA) is 95.9 Å². The summed E-state index contributed by atoms with van der Waals surface area (Å²) >= 11 is 0. The van der Waals surface area contributed by atoms with Crippen LogP contribution in [0, 0.1) is 0 Å². The zero-order chi connectivity index (χ0) is 52.9. The van der Waals surface area contributed by atoms with Crippen LogP contribution in [0.4, 0.5) is 0 Å². The van der Waals surface area contributed by atoms with Crippen LogP contribution in [0.15, 0.2) is 12.2 Å². The van der Waals surface area contributed by atoms with Gasteiger partial charge in [0.25, 0.3) is 0 Å². The van der Waals surface area contributed by atoms with E-state index in [9.17, 15) is 19.8 Å². The molecule has 73 heavy (non-hydrogen) atoms. The Kier molecular flexibility index (Phi) is 61.9. The summed E-state index contributed by atoms with van der Waals surface area (Å²) in [6.07, 6.45) is 77.0. The number of esters is 1. The van der Waals surface area contributed by atoms with E-state index in [1.54, 1.807) is 6.08 Å². The van der Waals surface area contributed by atoms with Crippen molar-refractivity contribution in [3.63, 3.8) is 0 Å². The SMILES string of the molecule is CCCCCCCCCCCCCCCCCC/C=C/C(O)C(CO)NC(=O)CCCCCCCCCCCCCCCCCCCCCCCCOC(=O)CCCCCCCCCCCCCCCCCC. The summed E-state index contributed by atoms with van der Waals surface area (Å²) < 4.78 is 5.50. The van der Waals surface area contributed by atoms with E-state index in [0.717, 1.165) is 38.5 Å². The molecule has 0 aliphatic rings. The molecule has 0 saturated carbocycles. The molecule has 0 aromatic rings. The fourth-order valence-electron chi connectivity index (χ4n) is 10.7. The third kappa shape index (κ3) is 59.7. The van der Waals surface area contributed by atoms with E-state index in [0.29, 0.717) is 19.4 Å². The summed E-state index contributed by atoms with van der Waals surface area (Å²) in [5, 5.41) is 23.2. The Balaban J connectivity index is 3.38. The third-order valence-corrected chi connectivity index (χ3v) is 15.8. The lowest BCUT2D eigenvalue weighted by Crippen LogP contribution is -2.45. The van der Waals surface area contributed by atoms with Gasteiger partial charge in [-0.25, -0.2) is 0 Å². The molecule has 0 heterocycles. The molecule has 0 aliphatic heterocycles. The molecule has 0 bridgehead atoms. The molecule has 2 atom stereocenters. The number of aliphatic hydroxyl groups excluding tert-OH is 2. The number of amides is 1. The van der Waals surface area contributed by atoms with Gasteiger partial charge in [-0.05, 0) is 32.1 Å². The van der Waals surface area contributed by atoms with E-state index in [4.69, 9.17) is 4.74 Å². The molecule has 0 aromatic carbocycles. The molecule has 0 aromatic heterocycles. The van der Waals surface area contributed by atoms with Gasteiger partial charge < -0.3 is 20.3 Å². The Morgan fingerprint density at radius 3 is 0.932 bits per heavy atom. The molecule has 0 fully saturated rings. The van der Waals surface area contributed by atoms with Crippen molar-refractivity contribution in [3.8, 4) is 0 Å². The van der Waals surface area contributed by atoms with Crippen molar-refractivity contribution in [2.24, 2.45) is 0 Å². The van der Waals surface area contributed by atoms with Crippen molar-refractivity contribution in [2.45, 2.75) is 392 Å². The summed E-state index contributed by atoms with van der Waals surface area (Å²) in [6, 6.07) is -0.628. The Bertz CT molecular complexity index is 1100. The lowest BCUT2D eigenvalue weighted by Gasteiger charge is -2.20. The first-order valence-corrected chi connectivity index (χ1v) is 33.5. The molecule has 0 radical (unpaired) electrons. The summed E-state index contributed by atoms with van der Waals surface area (Å²) in [4.78, 5) is 24.6. The fourth-order valence-corrected chi connectivity index (χ4v) is 10.7. The molecule has 434 valence electrons. The van der Waals surface area contributed by atoms with Crippen molar-refractivity contribution in [1.82, 2.24) is 5.32 Å². The van der Waals surface area contributed by atoms with Crippen LogP contribution < -0.4 is 5.32 Å². The average Bonchev–Trinajstić information content (AvgIpc) is 3.39. The molecule has 0 rings (SSSR count). The van der Waals surface area contributed by atoms with Crippen molar-refractivity contribution in [1.29, 1.82) is 0 Å². The molecule has 0 saturated heterocycles. The van der Waals surface area contributed by atoms with E-state index in [-0.39, 0.29) is 18.5 Å². The number of allylic oxidation sites excluding steroid dienone is 1. The number of carbonyl (C=O) groups is 2. The van der Waals surface area contributed by atoms with Crippen LogP contribution in [-0.2, 0) is 14.3 Å². The summed E-state index contributed by atoms with van der Waals surface area (Å²) in [7, 11) is 0. The number of hydrogen-bond donors (Lipinski definition) is 3. The normalized spacial score (nSPS) is 12.5. The van der Waals surface area contributed by atoms with Gasteiger partial charge in [0.1, 0.15) is 0 Å². The number of ether oxygens (including phenoxy) is 1. The van der Waals surface area contributed by atoms with Crippen molar-refractivity contribution in [2.75, 3.05) is 13.2 Å². The lowest BCUT2D eigenvalue weighted by atomic mass is 10.0. The van der Waals surface area contributed by atoms with Gasteiger partial charge in [-0.2, -0.15) is 0 Å². The standard InChI is InChI=1S/C67H131NO5/c1-3-5-7-9-11-13-15-17-19-21-28-31-35-39-43-47-51-55-59-65(70)64(63-69)68-66(71)60-56-52-48-44-40-36-32-29-26-24-22-23-25-27-30-34-38-42-46-50-54-58-62-73-67(72)61-57-53-49-45-41-37-33-20-18-16-14-12-10-8-6-4-2/h55,59,64-65,69-70H,3-54,56-58,60-63H2,1-2H3,(H,68,71)/b59-55+. The van der Waals surface area contributed by atoms with Crippen LogP contribution in [0.1, 0.15) is 380 Å². The number of unbranched alkanes of at least 4 members (excludes halogenated alkanes) is 52. The highest BCUT2D eigenvalue weighted by atomic mass is 16.5. The molecule has 6 nitrogen and oxygen atoms in total. The number of rotatable bonds is 63. The van der Waals surface area contributed by atoms with Gasteiger partial charge in [0.05, 0.1) is 25.4 Å². The molecule has 2 unspecified atom stereocenters. The maximum absolute atomic E-state index is 12.5. The van der Waals surface area contributed by atoms with Gasteiger partial charge in [0.15, 0.2) is 0 Å². The van der Waals surface area contributed by atoms with Gasteiger partial charge in [-0.1, -0.05) is 347 Å². The van der Waals surface area contributed by atoms with Crippen molar-refractivity contribution >= 4 is 11.9 Å². The predicted octanol–water partition coefficient (Wildman–Crippen LogP) is 21.2. The van der Waals surface area contributed by atoms with E-state index in [2.05, 4.69) is 19.2 Å². The van der Waals surface area contributed by atoms with Gasteiger partial charge in [-0.15, -0.1) is 0 Å². The predicted molar refractivity (Wildman–Crippen MR) is 320 cm³/mol. The second kappa shape index (κ2) is 63.1. The van der Waals surface area contributed by atoms with E-state index in [1.807, 2.05) is 6.08 Å². The third-order valence-electron chi connectivity index (χ3n) is 15.8. The van der Waals surface area contributed by atoms with Crippen LogP contribution in [0.25, 0.3) is 0 Å². The highest BCUT2D eigenvalue weighted by Crippen LogP contribution is 2.19. The summed E-state index contributed by atoms with van der Waals surface area (Å²) in [6.45, 7) is 4.94. The number of nitrogens with one attached hydrogen (secondary N) is 1. The average molecular weight is 1030 g/mol. The number of hydrogen-bond acceptors (Lipinski definition) is 5. The smallest absolute Gasteiger partial charge is 0.305 e. The Morgan fingerprint density at radius 1 is 0.370 bits per heavy atom. The Morgan fingerprint density at radius 2 is 0.630 bits per heavy atom. The Hall–Kier alpha value is -1.40. The quantitative estimate of drug-likeness (QED) is 0.0320. The lowest BCUT2D eigenvalue weighted by molar-refractivity contribution is -0.143. The monoisotopic (exact) mass is 1030 g/mol. The van der Waals surface area contributed by atoms with Crippen LogP contribution >= 0.6 is 0 Å². The van der Waals surface area contributed by atoms with Crippen molar-refractivity contribution in [3.05, 3.63) is 12.2 Å². The zero-order valence-corrected chi connectivity index (χ0v) is 49.6. The van der Waals surface area contributed by atoms with Gasteiger partial charge in [0, 0.05) is 12.8 Å². The maximum Gasteiger partial charge on any atom is 0.305 e. The second-order valence-corrected chi connectivity index (χ2v) is 23.2. The maximum atomic E-state index is 12.5. The first-order chi connectivity index (χ1) is 36.0. The van der Waals surface area contributed by atoms with Crippen LogP contribution in [0.2, 0.25) is 0 Å². The molecule has 0 aliphatic carbocycles. The summed E-state index contributed by atoms with van der Waals surface area (Å²) in [5.74, 6) is -0.0473. The largest absolute Gasteiger partial charge is 0.466 e. The summed E-state index contributed by atoms with van der Waals surface area (Å²) in [5.41, 5.74) is 0. The minimum Gasteiger partial charge on any atom is -0.466 e. The number of carbonyl (C=O) groups excluding carboxylic acids is 2. The van der Waals surface area contributed by atoms with Gasteiger partial charge in [0.2, 0.25) is 5.91 Å². The van der Waals surface area contributed by atoms with Gasteiger partial charge in [-0.3, -0.25) is 9.59 Å². The van der Waals surface area contributed by atoms with Crippen LogP contribution in [0.3, 0.4) is 0 Å². The minimum absolute atomic E-state index is 0.0171. The zero-order valence-electron chi connectivity index (χ0n) is 49.6. The molecular weight excluding hydrogens is 899 g/mol. The Labute approximate surface area is 457 Å². The van der Waals surface area contributed by atoms with Crippen LogP contribution in [0.5, 0.6) is 0 Å². The van der Waals surface area contributed by atoms with Crippen molar-refractivity contribution < 1.29 is 24.5 Å². The minimum atomic E-state index is -0.844. The van der Waals surface area contributed by atoms with E-state index < -0.39 is 12.1 Å². The highest BCUT2D eigenvalue weighted by molar-refractivity contribution is 5.76. The fraction of sp³-hybridized carbons (Fsp3) is 0.940. The molecule has 3 N–H and O–H groups in total. The molecule has 0 spiro atoms. The molecule has 1 amide bonds. The second-order valence-electron chi connectivity index (χ2n) is 23.2. The van der Waals surface area contributed by atoms with E-state index in [1.165, 1.54) is 315 Å².